The minimum Gasteiger partial charge on any atom is -0.399 e. The molecule has 0 unspecified atom stereocenters. The summed E-state index contributed by atoms with van der Waals surface area (Å²) in [6, 6.07) is 10.8. The lowest BCUT2D eigenvalue weighted by Crippen LogP contribution is -2.36. The highest BCUT2D eigenvalue weighted by molar-refractivity contribution is 6.35. The van der Waals surface area contributed by atoms with Crippen molar-refractivity contribution in [3.05, 3.63) is 63.1 Å². The molecule has 0 bridgehead atoms. The Balaban J connectivity index is 1.88. The molecule has 0 saturated carbocycles. The quantitative estimate of drug-likeness (QED) is 0.813. The number of amides is 1. The number of nitrogens with two attached hydrogens (primary N) is 1. The van der Waals surface area contributed by atoms with Gasteiger partial charge in [-0.2, -0.15) is 0 Å². The maximum atomic E-state index is 12.6. The van der Waals surface area contributed by atoms with E-state index in [0.29, 0.717) is 34.4 Å². The normalized spacial score (nSPS) is 13.9. The zero-order chi connectivity index (χ0) is 15.0. The Morgan fingerprint density at radius 3 is 2.71 bits per heavy atom. The standard InChI is InChI=1S/C16H14Cl2N2O/c17-12-2-4-15(18)14(8-12)16(21)20-6-5-10-1-3-13(19)7-11(10)9-20/h1-4,7-8H,5-6,9,19H2. The molecule has 2 N–H and O–H groups in total. The third-order valence-electron chi connectivity index (χ3n) is 3.69. The zero-order valence-corrected chi connectivity index (χ0v) is 12.8. The lowest BCUT2D eigenvalue weighted by atomic mass is 9.98. The van der Waals surface area contributed by atoms with Crippen LogP contribution in [0.15, 0.2) is 36.4 Å². The summed E-state index contributed by atoms with van der Waals surface area (Å²) >= 11 is 12.1. The van der Waals surface area contributed by atoms with E-state index in [1.165, 1.54) is 5.56 Å². The molecule has 3 rings (SSSR count). The van der Waals surface area contributed by atoms with Gasteiger partial charge in [0.1, 0.15) is 0 Å². The smallest absolute Gasteiger partial charge is 0.255 e. The van der Waals surface area contributed by atoms with Gasteiger partial charge in [0.25, 0.3) is 5.91 Å². The van der Waals surface area contributed by atoms with Gasteiger partial charge in [0.05, 0.1) is 10.6 Å². The molecule has 5 heteroatoms. The van der Waals surface area contributed by atoms with Gasteiger partial charge in [0.15, 0.2) is 0 Å². The third kappa shape index (κ3) is 2.85. The molecular weight excluding hydrogens is 307 g/mol. The average molecular weight is 321 g/mol. The average Bonchev–Trinajstić information content (AvgIpc) is 2.48. The van der Waals surface area contributed by atoms with Crippen LogP contribution in [0.5, 0.6) is 0 Å². The van der Waals surface area contributed by atoms with Gasteiger partial charge >= 0.3 is 0 Å². The molecule has 0 radical (unpaired) electrons. The lowest BCUT2D eigenvalue weighted by molar-refractivity contribution is 0.0735. The van der Waals surface area contributed by atoms with Crippen LogP contribution in [-0.4, -0.2) is 17.4 Å². The van der Waals surface area contributed by atoms with E-state index < -0.39 is 0 Å². The molecule has 21 heavy (non-hydrogen) atoms. The van der Waals surface area contributed by atoms with Crippen LogP contribution in [0.3, 0.4) is 0 Å². The largest absolute Gasteiger partial charge is 0.399 e. The molecule has 1 aliphatic heterocycles. The second-order valence-corrected chi connectivity index (χ2v) is 5.97. The second-order valence-electron chi connectivity index (χ2n) is 5.13. The summed E-state index contributed by atoms with van der Waals surface area (Å²) < 4.78 is 0. The van der Waals surface area contributed by atoms with E-state index in [1.54, 1.807) is 23.1 Å². The topological polar surface area (TPSA) is 46.3 Å². The summed E-state index contributed by atoms with van der Waals surface area (Å²) in [4.78, 5) is 14.4. The molecule has 3 nitrogen and oxygen atoms in total. The van der Waals surface area contributed by atoms with Crippen LogP contribution in [0.2, 0.25) is 10.0 Å². The van der Waals surface area contributed by atoms with Crippen LogP contribution in [0.25, 0.3) is 0 Å². The molecule has 1 amide bonds. The number of fused-ring (bicyclic) bond motifs is 1. The van der Waals surface area contributed by atoms with Gasteiger partial charge < -0.3 is 10.6 Å². The first kappa shape index (κ1) is 14.2. The number of nitrogen functional groups attached to an aromatic ring is 1. The summed E-state index contributed by atoms with van der Waals surface area (Å²) in [5, 5.41) is 0.923. The van der Waals surface area contributed by atoms with E-state index in [-0.39, 0.29) is 5.91 Å². The van der Waals surface area contributed by atoms with Crippen molar-refractivity contribution < 1.29 is 4.79 Å². The molecule has 2 aromatic carbocycles. The predicted molar refractivity (Wildman–Crippen MR) is 85.8 cm³/mol. The van der Waals surface area contributed by atoms with Gasteiger partial charge in [-0.05, 0) is 47.9 Å². The van der Waals surface area contributed by atoms with E-state index in [9.17, 15) is 4.79 Å². The SMILES string of the molecule is Nc1ccc2c(c1)CN(C(=O)c1cc(Cl)ccc1Cl)CC2. The molecule has 0 spiro atoms. The monoisotopic (exact) mass is 320 g/mol. The molecular formula is C16H14Cl2N2O. The van der Waals surface area contributed by atoms with Crippen molar-refractivity contribution in [1.82, 2.24) is 4.90 Å². The number of anilines is 1. The second kappa shape index (κ2) is 5.58. The van der Waals surface area contributed by atoms with Gasteiger partial charge in [-0.25, -0.2) is 0 Å². The molecule has 0 atom stereocenters. The predicted octanol–water partition coefficient (Wildman–Crippen LogP) is 3.77. The third-order valence-corrected chi connectivity index (χ3v) is 4.25. The fourth-order valence-corrected chi connectivity index (χ4v) is 2.95. The molecule has 0 saturated heterocycles. The molecule has 2 aromatic rings. The zero-order valence-electron chi connectivity index (χ0n) is 11.3. The fraction of sp³-hybridized carbons (Fsp3) is 0.188. The molecule has 0 aliphatic carbocycles. The van der Waals surface area contributed by atoms with E-state index in [1.807, 2.05) is 18.2 Å². The number of rotatable bonds is 1. The van der Waals surface area contributed by atoms with E-state index in [0.717, 1.165) is 12.0 Å². The highest BCUT2D eigenvalue weighted by Gasteiger charge is 2.23. The summed E-state index contributed by atoms with van der Waals surface area (Å²) in [5.74, 6) is -0.101. The minimum atomic E-state index is -0.101. The lowest BCUT2D eigenvalue weighted by Gasteiger charge is -2.29. The van der Waals surface area contributed by atoms with Crippen LogP contribution in [0.4, 0.5) is 5.69 Å². The Labute approximate surface area is 133 Å². The molecule has 0 aromatic heterocycles. The summed E-state index contributed by atoms with van der Waals surface area (Å²) in [7, 11) is 0. The first-order valence-corrected chi connectivity index (χ1v) is 7.42. The van der Waals surface area contributed by atoms with Crippen molar-refractivity contribution in [1.29, 1.82) is 0 Å². The highest BCUT2D eigenvalue weighted by atomic mass is 35.5. The van der Waals surface area contributed by atoms with E-state index >= 15 is 0 Å². The van der Waals surface area contributed by atoms with Crippen LogP contribution < -0.4 is 5.73 Å². The highest BCUT2D eigenvalue weighted by Crippen LogP contribution is 2.26. The summed E-state index contributed by atoms with van der Waals surface area (Å²) in [5.41, 5.74) is 9.30. The maximum absolute atomic E-state index is 12.6. The number of carbonyl (C=O) groups excluding carboxylic acids is 1. The van der Waals surface area contributed by atoms with Crippen molar-refractivity contribution in [2.45, 2.75) is 13.0 Å². The first-order valence-electron chi connectivity index (χ1n) is 6.66. The van der Waals surface area contributed by atoms with Gasteiger partial charge in [-0.15, -0.1) is 0 Å². The Morgan fingerprint density at radius 1 is 1.10 bits per heavy atom. The van der Waals surface area contributed by atoms with Crippen LogP contribution in [0, 0.1) is 0 Å². The van der Waals surface area contributed by atoms with Crippen LogP contribution in [0.1, 0.15) is 21.5 Å². The van der Waals surface area contributed by atoms with Crippen molar-refractivity contribution in [2.24, 2.45) is 0 Å². The van der Waals surface area contributed by atoms with Crippen molar-refractivity contribution in [2.75, 3.05) is 12.3 Å². The first-order chi connectivity index (χ1) is 10.0. The van der Waals surface area contributed by atoms with Crippen molar-refractivity contribution in [3.63, 3.8) is 0 Å². The number of carbonyl (C=O) groups is 1. The van der Waals surface area contributed by atoms with Gasteiger partial charge in [0.2, 0.25) is 0 Å². The molecule has 0 fully saturated rings. The van der Waals surface area contributed by atoms with E-state index in [2.05, 4.69) is 0 Å². The Kier molecular flexibility index (Phi) is 3.79. The molecule has 108 valence electrons. The molecule has 1 heterocycles. The van der Waals surface area contributed by atoms with Gasteiger partial charge in [-0.1, -0.05) is 29.3 Å². The number of halogens is 2. The fourth-order valence-electron chi connectivity index (χ4n) is 2.58. The van der Waals surface area contributed by atoms with Crippen LogP contribution in [-0.2, 0) is 13.0 Å². The minimum absolute atomic E-state index is 0.101. The Hall–Kier alpha value is -1.71. The van der Waals surface area contributed by atoms with Crippen molar-refractivity contribution in [3.8, 4) is 0 Å². The van der Waals surface area contributed by atoms with Crippen molar-refractivity contribution >= 4 is 34.8 Å². The number of nitrogens with zero attached hydrogens (tertiary/aromatic N) is 1. The van der Waals surface area contributed by atoms with Crippen LogP contribution >= 0.6 is 23.2 Å². The summed E-state index contributed by atoms with van der Waals surface area (Å²) in [6.45, 7) is 1.21. The number of hydrogen-bond donors (Lipinski definition) is 1. The van der Waals surface area contributed by atoms with Gasteiger partial charge in [-0.3, -0.25) is 4.79 Å². The van der Waals surface area contributed by atoms with Gasteiger partial charge in [0, 0.05) is 23.8 Å². The number of hydrogen-bond acceptors (Lipinski definition) is 2. The molecule has 1 aliphatic rings. The maximum Gasteiger partial charge on any atom is 0.255 e. The van der Waals surface area contributed by atoms with E-state index in [4.69, 9.17) is 28.9 Å². The Bertz CT molecular complexity index is 715. The Morgan fingerprint density at radius 2 is 1.90 bits per heavy atom. The summed E-state index contributed by atoms with van der Waals surface area (Å²) in [6.07, 6.45) is 0.819. The number of benzene rings is 2.